The smallest absolute Gasteiger partial charge is 0.297 e. The predicted octanol–water partition coefficient (Wildman–Crippen LogP) is 3.76. The van der Waals surface area contributed by atoms with Gasteiger partial charge in [0.2, 0.25) is 0 Å². The van der Waals surface area contributed by atoms with Crippen LogP contribution in [0, 0.1) is 0 Å². The maximum Gasteiger partial charge on any atom is 0.330 e. The van der Waals surface area contributed by atoms with E-state index in [4.69, 9.17) is 11.6 Å². The van der Waals surface area contributed by atoms with Gasteiger partial charge >= 0.3 is 5.69 Å². The summed E-state index contributed by atoms with van der Waals surface area (Å²) >= 11 is 9.44. The van der Waals surface area contributed by atoms with Gasteiger partial charge in [0, 0.05) is 10.0 Å². The van der Waals surface area contributed by atoms with Crippen molar-refractivity contribution in [1.82, 2.24) is 9.55 Å². The molecule has 0 aliphatic rings. The molecule has 2 aromatic rings. The molecule has 1 aromatic carbocycles. The molecule has 0 aliphatic carbocycles. The molecule has 112 valence electrons. The van der Waals surface area contributed by atoms with Crippen LogP contribution >= 0.6 is 27.5 Å². The summed E-state index contributed by atoms with van der Waals surface area (Å²) in [5.74, 6) is 0. The van der Waals surface area contributed by atoms with Crippen molar-refractivity contribution in [2.75, 3.05) is 0 Å². The summed E-state index contributed by atoms with van der Waals surface area (Å²) in [5.41, 5.74) is -0.467. The van der Waals surface area contributed by atoms with Gasteiger partial charge in [-0.15, -0.1) is 0 Å². The van der Waals surface area contributed by atoms with Gasteiger partial charge in [-0.25, -0.2) is 4.79 Å². The molecule has 0 atom stereocenters. The van der Waals surface area contributed by atoms with Gasteiger partial charge in [0.25, 0.3) is 5.56 Å². The van der Waals surface area contributed by atoms with Crippen molar-refractivity contribution in [2.45, 2.75) is 32.7 Å². The number of hydrogen-bond acceptors (Lipinski definition) is 2. The van der Waals surface area contributed by atoms with Crippen molar-refractivity contribution in [3.8, 4) is 11.1 Å². The Kier molecular flexibility index (Phi) is 4.44. The number of hydrogen-bond donors (Lipinski definition) is 1. The molecule has 2 rings (SSSR count). The monoisotopic (exact) mass is 370 g/mol. The molecule has 1 heterocycles. The third-order valence-electron chi connectivity index (χ3n) is 3.66. The van der Waals surface area contributed by atoms with E-state index in [1.165, 1.54) is 4.57 Å². The van der Waals surface area contributed by atoms with Crippen molar-refractivity contribution < 1.29 is 0 Å². The van der Waals surface area contributed by atoms with E-state index in [1.807, 2.05) is 32.9 Å². The molecular formula is C15H16BrClN2O2. The fourth-order valence-corrected chi connectivity index (χ4v) is 2.62. The topological polar surface area (TPSA) is 54.9 Å². The molecule has 0 bridgehead atoms. The first-order valence-corrected chi connectivity index (χ1v) is 7.76. The second-order valence-electron chi connectivity index (χ2n) is 5.43. The molecule has 0 aliphatic heterocycles. The zero-order chi connectivity index (χ0) is 15.8. The summed E-state index contributed by atoms with van der Waals surface area (Å²) in [6, 6.07) is 7.22. The Hall–Kier alpha value is -1.33. The summed E-state index contributed by atoms with van der Waals surface area (Å²) in [6.45, 7) is 5.63. The van der Waals surface area contributed by atoms with Crippen LogP contribution in [0.4, 0.5) is 0 Å². The van der Waals surface area contributed by atoms with Crippen LogP contribution < -0.4 is 11.2 Å². The zero-order valence-corrected chi connectivity index (χ0v) is 14.4. The predicted molar refractivity (Wildman–Crippen MR) is 89.1 cm³/mol. The minimum atomic E-state index is -0.584. The Morgan fingerprint density at radius 3 is 2.33 bits per heavy atom. The molecule has 0 unspecified atom stereocenters. The highest BCUT2D eigenvalue weighted by atomic mass is 79.9. The molecule has 1 aromatic heterocycles. The van der Waals surface area contributed by atoms with E-state index < -0.39 is 11.2 Å². The number of benzene rings is 1. The number of aromatic amines is 1. The summed E-state index contributed by atoms with van der Waals surface area (Å²) in [7, 11) is 0. The summed E-state index contributed by atoms with van der Waals surface area (Å²) in [5, 5.41) is 0.0653. The average molecular weight is 372 g/mol. The molecule has 0 spiro atoms. The van der Waals surface area contributed by atoms with Crippen LogP contribution in [0.3, 0.4) is 0 Å². The van der Waals surface area contributed by atoms with Crippen LogP contribution in [0.2, 0.25) is 5.15 Å². The highest BCUT2D eigenvalue weighted by molar-refractivity contribution is 9.10. The Morgan fingerprint density at radius 1 is 1.24 bits per heavy atom. The Labute approximate surface area is 135 Å². The average Bonchev–Trinajstić information content (AvgIpc) is 2.40. The molecular weight excluding hydrogens is 356 g/mol. The van der Waals surface area contributed by atoms with Crippen LogP contribution in [-0.2, 0) is 5.54 Å². The second kappa shape index (κ2) is 5.81. The Balaban J connectivity index is 2.80. The van der Waals surface area contributed by atoms with Crippen LogP contribution in [-0.4, -0.2) is 9.55 Å². The molecule has 1 N–H and O–H groups in total. The van der Waals surface area contributed by atoms with Gasteiger partial charge in [-0.3, -0.25) is 14.3 Å². The van der Waals surface area contributed by atoms with E-state index in [2.05, 4.69) is 20.9 Å². The normalized spacial score (nSPS) is 11.7. The van der Waals surface area contributed by atoms with E-state index in [-0.39, 0.29) is 10.7 Å². The van der Waals surface area contributed by atoms with Gasteiger partial charge in [-0.2, -0.15) is 0 Å². The third kappa shape index (κ3) is 2.99. The lowest BCUT2D eigenvalue weighted by molar-refractivity contribution is 0.318. The first kappa shape index (κ1) is 16.0. The van der Waals surface area contributed by atoms with Gasteiger partial charge < -0.3 is 0 Å². The van der Waals surface area contributed by atoms with Crippen LogP contribution in [0.15, 0.2) is 38.3 Å². The first-order valence-electron chi connectivity index (χ1n) is 6.59. The third-order valence-corrected chi connectivity index (χ3v) is 4.47. The number of aromatic nitrogens is 2. The molecule has 0 saturated carbocycles. The van der Waals surface area contributed by atoms with Crippen molar-refractivity contribution in [3.63, 3.8) is 0 Å². The number of nitrogens with zero attached hydrogens (tertiary/aromatic N) is 1. The van der Waals surface area contributed by atoms with Gasteiger partial charge in [-0.1, -0.05) is 46.6 Å². The molecule has 21 heavy (non-hydrogen) atoms. The number of halogens is 2. The van der Waals surface area contributed by atoms with Crippen molar-refractivity contribution in [3.05, 3.63) is 54.7 Å². The maximum absolute atomic E-state index is 12.7. The van der Waals surface area contributed by atoms with Gasteiger partial charge in [0.1, 0.15) is 5.15 Å². The number of nitrogens with one attached hydrogen (secondary N) is 1. The Bertz CT molecular complexity index is 776. The van der Waals surface area contributed by atoms with Gasteiger partial charge in [0.05, 0.1) is 5.56 Å². The Morgan fingerprint density at radius 2 is 1.81 bits per heavy atom. The van der Waals surface area contributed by atoms with Gasteiger partial charge in [-0.05, 0) is 38.0 Å². The fraction of sp³-hybridized carbons (Fsp3) is 0.333. The summed E-state index contributed by atoms with van der Waals surface area (Å²) in [6.07, 6.45) is 0.650. The van der Waals surface area contributed by atoms with E-state index >= 15 is 0 Å². The molecule has 4 nitrogen and oxygen atoms in total. The molecule has 0 fully saturated rings. The number of H-pyrrole nitrogens is 1. The fourth-order valence-electron chi connectivity index (χ4n) is 2.08. The lowest BCUT2D eigenvalue weighted by Gasteiger charge is -2.25. The SMILES string of the molecule is CCC(C)(C)n1c(=O)[nH]c(Cl)c(-c2ccc(Br)cc2)c1=O. The minimum Gasteiger partial charge on any atom is -0.297 e. The van der Waals surface area contributed by atoms with Crippen molar-refractivity contribution in [2.24, 2.45) is 0 Å². The van der Waals surface area contributed by atoms with E-state index in [1.54, 1.807) is 12.1 Å². The van der Waals surface area contributed by atoms with Crippen LogP contribution in [0.5, 0.6) is 0 Å². The van der Waals surface area contributed by atoms with E-state index in [0.29, 0.717) is 17.5 Å². The van der Waals surface area contributed by atoms with Crippen LogP contribution in [0.1, 0.15) is 27.2 Å². The van der Waals surface area contributed by atoms with Crippen molar-refractivity contribution >= 4 is 27.5 Å². The molecule has 6 heteroatoms. The second-order valence-corrected chi connectivity index (χ2v) is 6.73. The van der Waals surface area contributed by atoms with Crippen LogP contribution in [0.25, 0.3) is 11.1 Å². The standard InChI is InChI=1S/C15H16BrClN2O2/c1-4-15(2,3)19-13(20)11(12(17)18-14(19)21)9-5-7-10(16)8-6-9/h5-8H,4H2,1-3H3,(H,18,21). The van der Waals surface area contributed by atoms with E-state index in [0.717, 1.165) is 4.47 Å². The van der Waals surface area contributed by atoms with Crippen molar-refractivity contribution in [1.29, 1.82) is 0 Å². The lowest BCUT2D eigenvalue weighted by Crippen LogP contribution is -2.46. The summed E-state index contributed by atoms with van der Waals surface area (Å²) < 4.78 is 2.14. The lowest BCUT2D eigenvalue weighted by atomic mass is 10.0. The quantitative estimate of drug-likeness (QED) is 0.835. The largest absolute Gasteiger partial charge is 0.330 e. The summed E-state index contributed by atoms with van der Waals surface area (Å²) in [4.78, 5) is 27.4. The number of rotatable bonds is 3. The first-order chi connectivity index (χ1) is 9.77. The highest BCUT2D eigenvalue weighted by Crippen LogP contribution is 2.25. The molecule has 0 amide bonds. The minimum absolute atomic E-state index is 0.0653. The van der Waals surface area contributed by atoms with E-state index in [9.17, 15) is 9.59 Å². The van der Waals surface area contributed by atoms with Gasteiger partial charge in [0.15, 0.2) is 0 Å². The highest BCUT2D eigenvalue weighted by Gasteiger charge is 2.25. The molecule has 0 radical (unpaired) electrons. The molecule has 0 saturated heterocycles. The maximum atomic E-state index is 12.7. The zero-order valence-electron chi connectivity index (χ0n) is 12.0.